The number of nitrogens with two attached hydrogens (primary N) is 1. The van der Waals surface area contributed by atoms with Gasteiger partial charge in [-0.2, -0.15) is 0 Å². The summed E-state index contributed by atoms with van der Waals surface area (Å²) in [6, 6.07) is 4.78. The number of thiophene rings is 1. The van der Waals surface area contributed by atoms with Crippen LogP contribution in [0.1, 0.15) is 42.4 Å². The SMILES string of the molecule is CCc1ccc(CC(N)C2(N(C)C)CCCC2)s1. The molecule has 0 aliphatic heterocycles. The largest absolute Gasteiger partial charge is 0.326 e. The number of hydrogen-bond donors (Lipinski definition) is 1. The van der Waals surface area contributed by atoms with Crippen LogP contribution in [0.15, 0.2) is 12.1 Å². The summed E-state index contributed by atoms with van der Waals surface area (Å²) >= 11 is 1.93. The van der Waals surface area contributed by atoms with Crippen molar-refractivity contribution in [3.63, 3.8) is 0 Å². The zero-order valence-corrected chi connectivity index (χ0v) is 12.7. The summed E-state index contributed by atoms with van der Waals surface area (Å²) in [5.41, 5.74) is 6.80. The van der Waals surface area contributed by atoms with Crippen molar-refractivity contribution in [3.05, 3.63) is 21.9 Å². The minimum atomic E-state index is 0.233. The van der Waals surface area contributed by atoms with Crippen molar-refractivity contribution in [2.24, 2.45) is 5.73 Å². The second kappa shape index (κ2) is 5.72. The second-order valence-corrected chi connectivity index (χ2v) is 6.99. The Morgan fingerprint density at radius 2 is 1.89 bits per heavy atom. The van der Waals surface area contributed by atoms with E-state index in [2.05, 4.69) is 38.1 Å². The third kappa shape index (κ3) is 2.63. The normalized spacial score (nSPS) is 20.5. The van der Waals surface area contributed by atoms with E-state index in [1.165, 1.54) is 35.4 Å². The summed E-state index contributed by atoms with van der Waals surface area (Å²) in [5, 5.41) is 0. The first-order chi connectivity index (χ1) is 8.58. The van der Waals surface area contributed by atoms with Crippen LogP contribution in [0.5, 0.6) is 0 Å². The van der Waals surface area contributed by atoms with E-state index >= 15 is 0 Å². The van der Waals surface area contributed by atoms with Crippen LogP contribution in [0.3, 0.4) is 0 Å². The molecule has 2 rings (SSSR count). The molecule has 1 fully saturated rings. The fraction of sp³-hybridized carbons (Fsp3) is 0.733. The quantitative estimate of drug-likeness (QED) is 0.887. The summed E-state index contributed by atoms with van der Waals surface area (Å²) in [6.45, 7) is 2.22. The molecule has 1 aliphatic rings. The fourth-order valence-corrected chi connectivity index (χ4v) is 4.28. The summed E-state index contributed by atoms with van der Waals surface area (Å²) in [5.74, 6) is 0. The van der Waals surface area contributed by atoms with Gasteiger partial charge in [0.1, 0.15) is 0 Å². The Labute approximate surface area is 115 Å². The smallest absolute Gasteiger partial charge is 0.0357 e. The molecule has 1 unspecified atom stereocenters. The maximum absolute atomic E-state index is 6.56. The van der Waals surface area contributed by atoms with Crippen molar-refractivity contribution in [1.82, 2.24) is 4.90 Å². The minimum Gasteiger partial charge on any atom is -0.326 e. The molecule has 0 radical (unpaired) electrons. The van der Waals surface area contributed by atoms with Crippen molar-refractivity contribution < 1.29 is 0 Å². The molecule has 0 saturated heterocycles. The lowest BCUT2D eigenvalue weighted by molar-refractivity contribution is 0.123. The predicted octanol–water partition coefficient (Wildman–Crippen LogP) is 3.05. The zero-order valence-electron chi connectivity index (χ0n) is 11.9. The van der Waals surface area contributed by atoms with Gasteiger partial charge in [-0.1, -0.05) is 19.8 Å². The fourth-order valence-electron chi connectivity index (χ4n) is 3.27. The molecule has 0 amide bonds. The van der Waals surface area contributed by atoms with E-state index in [1.807, 2.05) is 11.3 Å². The van der Waals surface area contributed by atoms with Gasteiger partial charge in [0.05, 0.1) is 0 Å². The molecule has 1 aromatic rings. The first-order valence-corrected chi connectivity index (χ1v) is 7.91. The molecule has 1 aromatic heterocycles. The number of rotatable bonds is 5. The Bertz CT molecular complexity index is 378. The predicted molar refractivity (Wildman–Crippen MR) is 80.3 cm³/mol. The summed E-state index contributed by atoms with van der Waals surface area (Å²) in [4.78, 5) is 5.30. The van der Waals surface area contributed by atoms with Crippen molar-refractivity contribution in [1.29, 1.82) is 0 Å². The van der Waals surface area contributed by atoms with E-state index in [1.54, 1.807) is 0 Å². The van der Waals surface area contributed by atoms with E-state index in [0.29, 0.717) is 0 Å². The zero-order chi connectivity index (χ0) is 13.2. The monoisotopic (exact) mass is 266 g/mol. The van der Waals surface area contributed by atoms with Gasteiger partial charge >= 0.3 is 0 Å². The van der Waals surface area contributed by atoms with Gasteiger partial charge in [0.15, 0.2) is 0 Å². The molecule has 102 valence electrons. The highest BCUT2D eigenvalue weighted by atomic mass is 32.1. The molecule has 0 bridgehead atoms. The molecular formula is C15H26N2S. The standard InChI is InChI=1S/C15H26N2S/c1-4-12-7-8-13(18-12)11-14(16)15(17(2)3)9-5-6-10-15/h7-8,14H,4-6,9-11,16H2,1-3H3. The van der Waals surface area contributed by atoms with Crippen LogP contribution in [0.2, 0.25) is 0 Å². The molecule has 1 saturated carbocycles. The lowest BCUT2D eigenvalue weighted by Crippen LogP contribution is -2.56. The van der Waals surface area contributed by atoms with Crippen LogP contribution in [0.25, 0.3) is 0 Å². The average molecular weight is 266 g/mol. The first kappa shape index (κ1) is 14.0. The van der Waals surface area contributed by atoms with Crippen molar-refractivity contribution in [2.75, 3.05) is 14.1 Å². The summed E-state index contributed by atoms with van der Waals surface area (Å²) in [7, 11) is 4.38. The van der Waals surface area contributed by atoms with Gasteiger partial charge in [-0.3, -0.25) is 0 Å². The van der Waals surface area contributed by atoms with Gasteiger partial charge in [0.2, 0.25) is 0 Å². The summed E-state index contributed by atoms with van der Waals surface area (Å²) < 4.78 is 0. The number of likely N-dealkylation sites (N-methyl/N-ethyl adjacent to an activating group) is 1. The Balaban J connectivity index is 2.07. The van der Waals surface area contributed by atoms with E-state index in [4.69, 9.17) is 5.73 Å². The van der Waals surface area contributed by atoms with Crippen LogP contribution in [0.4, 0.5) is 0 Å². The van der Waals surface area contributed by atoms with Crippen LogP contribution in [-0.2, 0) is 12.8 Å². The Kier molecular flexibility index (Phi) is 4.46. The average Bonchev–Trinajstić information content (AvgIpc) is 2.97. The second-order valence-electron chi connectivity index (χ2n) is 5.74. The van der Waals surface area contributed by atoms with E-state index in [0.717, 1.165) is 12.8 Å². The van der Waals surface area contributed by atoms with Crippen molar-refractivity contribution in [2.45, 2.75) is 57.0 Å². The van der Waals surface area contributed by atoms with Crippen molar-refractivity contribution in [3.8, 4) is 0 Å². The molecule has 2 N–H and O–H groups in total. The molecule has 3 heteroatoms. The molecule has 1 heterocycles. The number of nitrogens with zero attached hydrogens (tertiary/aromatic N) is 1. The van der Waals surface area contributed by atoms with Gasteiger partial charge in [0, 0.05) is 21.3 Å². The first-order valence-electron chi connectivity index (χ1n) is 7.09. The number of hydrogen-bond acceptors (Lipinski definition) is 3. The third-order valence-corrected chi connectivity index (χ3v) is 5.79. The van der Waals surface area contributed by atoms with Crippen LogP contribution in [-0.4, -0.2) is 30.6 Å². The Morgan fingerprint density at radius 1 is 1.28 bits per heavy atom. The van der Waals surface area contributed by atoms with Gasteiger partial charge in [-0.25, -0.2) is 0 Å². The van der Waals surface area contributed by atoms with Gasteiger partial charge < -0.3 is 10.6 Å². The Morgan fingerprint density at radius 3 is 2.39 bits per heavy atom. The highest BCUT2D eigenvalue weighted by Gasteiger charge is 2.41. The van der Waals surface area contributed by atoms with Gasteiger partial charge in [-0.15, -0.1) is 11.3 Å². The van der Waals surface area contributed by atoms with Crippen LogP contribution in [0, 0.1) is 0 Å². The number of aryl methyl sites for hydroxylation is 1. The molecule has 1 aliphatic carbocycles. The van der Waals surface area contributed by atoms with E-state index in [9.17, 15) is 0 Å². The molecular weight excluding hydrogens is 240 g/mol. The van der Waals surface area contributed by atoms with Crippen LogP contribution >= 0.6 is 11.3 Å². The molecule has 2 nitrogen and oxygen atoms in total. The highest BCUT2D eigenvalue weighted by molar-refractivity contribution is 7.11. The molecule has 0 spiro atoms. The highest BCUT2D eigenvalue weighted by Crippen LogP contribution is 2.37. The minimum absolute atomic E-state index is 0.233. The van der Waals surface area contributed by atoms with E-state index < -0.39 is 0 Å². The summed E-state index contributed by atoms with van der Waals surface area (Å²) in [6.07, 6.45) is 7.34. The topological polar surface area (TPSA) is 29.3 Å². The lowest BCUT2D eigenvalue weighted by Gasteiger charge is -2.41. The molecule has 0 aromatic carbocycles. The molecule has 18 heavy (non-hydrogen) atoms. The maximum atomic E-state index is 6.56. The molecule has 1 atom stereocenters. The van der Waals surface area contributed by atoms with Crippen molar-refractivity contribution >= 4 is 11.3 Å². The lowest BCUT2D eigenvalue weighted by atomic mass is 9.85. The van der Waals surface area contributed by atoms with Gasteiger partial charge in [-0.05, 0) is 51.9 Å². The third-order valence-electron chi connectivity index (χ3n) is 4.54. The van der Waals surface area contributed by atoms with Gasteiger partial charge in [0.25, 0.3) is 0 Å². The maximum Gasteiger partial charge on any atom is 0.0357 e. The van der Waals surface area contributed by atoms with Crippen LogP contribution < -0.4 is 5.73 Å². The van der Waals surface area contributed by atoms with E-state index in [-0.39, 0.29) is 11.6 Å². The Hall–Kier alpha value is -0.380.